The molecule has 1 fully saturated rings. The fourth-order valence-corrected chi connectivity index (χ4v) is 10.1. The van der Waals surface area contributed by atoms with Crippen LogP contribution in [0, 0.1) is 11.8 Å². The SMILES string of the molecule is C=C[C@H]1CC(S(=O)(=O)c2ccccc2)(S(=O)(=O)c2ccccc2)C[C@@H]1CI. The summed E-state index contributed by atoms with van der Waals surface area (Å²) < 4.78 is 53.5. The molecule has 27 heavy (non-hydrogen) atoms. The standard InChI is InChI=1S/C20H21IO4S2/c1-2-16-13-20(14-17(16)15-21,26(22,23)18-9-5-3-6-10-18)27(24,25)19-11-7-4-8-12-19/h2-12,16-17H,1,13-15H2/t16-,17+/m0/s1. The topological polar surface area (TPSA) is 68.3 Å². The number of alkyl halides is 1. The van der Waals surface area contributed by atoms with E-state index in [0.717, 1.165) is 0 Å². The van der Waals surface area contributed by atoms with Gasteiger partial charge in [-0.25, -0.2) is 16.8 Å². The average Bonchev–Trinajstić information content (AvgIpc) is 3.11. The predicted octanol–water partition coefficient (Wildman–Crippen LogP) is 4.28. The van der Waals surface area contributed by atoms with Crippen molar-refractivity contribution < 1.29 is 16.8 Å². The number of rotatable bonds is 6. The summed E-state index contributed by atoms with van der Waals surface area (Å²) in [5.41, 5.74) is 0. The molecule has 0 amide bonds. The summed E-state index contributed by atoms with van der Waals surface area (Å²) >= 11 is 2.19. The summed E-state index contributed by atoms with van der Waals surface area (Å²) in [5.74, 6) is -0.223. The lowest BCUT2D eigenvalue weighted by Gasteiger charge is -2.29. The maximum Gasteiger partial charge on any atom is 0.198 e. The Bertz CT molecular complexity index is 947. The van der Waals surface area contributed by atoms with Crippen molar-refractivity contribution in [2.24, 2.45) is 11.8 Å². The third-order valence-corrected chi connectivity index (χ3v) is 12.2. The smallest absolute Gasteiger partial charge is 0.198 e. The van der Waals surface area contributed by atoms with Crippen LogP contribution in [-0.4, -0.2) is 25.3 Å². The molecule has 2 atom stereocenters. The molecule has 0 aromatic heterocycles. The Labute approximate surface area is 174 Å². The van der Waals surface area contributed by atoms with Crippen LogP contribution in [0.5, 0.6) is 0 Å². The van der Waals surface area contributed by atoms with Crippen molar-refractivity contribution in [2.45, 2.75) is 26.7 Å². The molecule has 7 heteroatoms. The quantitative estimate of drug-likeness (QED) is 0.327. The minimum absolute atomic E-state index is 0.0264. The average molecular weight is 516 g/mol. The lowest BCUT2D eigenvalue weighted by atomic mass is 9.99. The molecule has 4 nitrogen and oxygen atoms in total. The maximum absolute atomic E-state index is 13.7. The Balaban J connectivity index is 2.28. The second-order valence-electron chi connectivity index (χ2n) is 6.77. The molecule has 3 rings (SSSR count). The lowest BCUT2D eigenvalue weighted by Crippen LogP contribution is -2.44. The molecule has 2 aromatic rings. The molecule has 0 N–H and O–H groups in total. The van der Waals surface area contributed by atoms with Gasteiger partial charge in [-0.2, -0.15) is 0 Å². The van der Waals surface area contributed by atoms with Gasteiger partial charge in [0.1, 0.15) is 0 Å². The van der Waals surface area contributed by atoms with E-state index in [9.17, 15) is 16.8 Å². The Hall–Kier alpha value is -1.19. The van der Waals surface area contributed by atoms with E-state index in [1.807, 2.05) is 0 Å². The molecule has 1 aliphatic rings. The minimum atomic E-state index is -4.13. The van der Waals surface area contributed by atoms with Gasteiger partial charge in [0.15, 0.2) is 23.8 Å². The minimum Gasteiger partial charge on any atom is -0.222 e. The highest BCUT2D eigenvalue weighted by Gasteiger charge is 2.61. The fraction of sp³-hybridized carbons (Fsp3) is 0.300. The summed E-state index contributed by atoms with van der Waals surface area (Å²) in [5, 5.41) is 0. The van der Waals surface area contributed by atoms with Crippen LogP contribution in [0.15, 0.2) is 83.1 Å². The van der Waals surface area contributed by atoms with Crippen LogP contribution in [-0.2, 0) is 19.7 Å². The van der Waals surface area contributed by atoms with Gasteiger partial charge in [-0.1, -0.05) is 65.1 Å². The first-order chi connectivity index (χ1) is 12.8. The van der Waals surface area contributed by atoms with Gasteiger partial charge >= 0.3 is 0 Å². The number of hydrogen-bond donors (Lipinski definition) is 0. The van der Waals surface area contributed by atoms with Crippen molar-refractivity contribution >= 4 is 42.3 Å². The van der Waals surface area contributed by atoms with E-state index in [4.69, 9.17) is 0 Å². The van der Waals surface area contributed by atoms with E-state index in [2.05, 4.69) is 29.2 Å². The highest BCUT2D eigenvalue weighted by atomic mass is 127. The summed E-state index contributed by atoms with van der Waals surface area (Å²) in [6.07, 6.45) is 1.80. The molecule has 2 aromatic carbocycles. The van der Waals surface area contributed by atoms with Gasteiger partial charge in [0, 0.05) is 4.43 Å². The lowest BCUT2D eigenvalue weighted by molar-refractivity contribution is 0.518. The van der Waals surface area contributed by atoms with Crippen LogP contribution >= 0.6 is 22.6 Å². The number of allylic oxidation sites excluding steroid dienone is 1. The van der Waals surface area contributed by atoms with Gasteiger partial charge in [-0.3, -0.25) is 0 Å². The summed E-state index contributed by atoms with van der Waals surface area (Å²) in [4.78, 5) is 0.0860. The maximum atomic E-state index is 13.7. The Morgan fingerprint density at radius 3 is 1.67 bits per heavy atom. The molecular weight excluding hydrogens is 495 g/mol. The van der Waals surface area contributed by atoms with E-state index in [1.165, 1.54) is 24.3 Å². The highest BCUT2D eigenvalue weighted by Crippen LogP contribution is 2.52. The van der Waals surface area contributed by atoms with E-state index in [-0.39, 0.29) is 34.5 Å². The van der Waals surface area contributed by atoms with Crippen LogP contribution in [0.4, 0.5) is 0 Å². The first kappa shape index (κ1) is 20.5. The molecule has 1 aliphatic carbocycles. The Morgan fingerprint density at radius 1 is 0.889 bits per heavy atom. The number of hydrogen-bond acceptors (Lipinski definition) is 4. The molecule has 0 saturated heterocycles. The van der Waals surface area contributed by atoms with Crippen molar-refractivity contribution in [2.75, 3.05) is 4.43 Å². The van der Waals surface area contributed by atoms with Gasteiger partial charge in [0.2, 0.25) is 0 Å². The van der Waals surface area contributed by atoms with E-state index < -0.39 is 23.8 Å². The number of halogens is 1. The zero-order chi connectivity index (χ0) is 19.7. The van der Waals surface area contributed by atoms with Gasteiger partial charge in [-0.15, -0.1) is 6.58 Å². The monoisotopic (exact) mass is 516 g/mol. The fourth-order valence-electron chi connectivity index (χ4n) is 3.82. The van der Waals surface area contributed by atoms with Crippen molar-refractivity contribution in [3.8, 4) is 0 Å². The molecule has 0 bridgehead atoms. The van der Waals surface area contributed by atoms with Crippen LogP contribution in [0.3, 0.4) is 0 Å². The van der Waals surface area contributed by atoms with Crippen molar-refractivity contribution in [1.29, 1.82) is 0 Å². The number of benzene rings is 2. The normalized spacial score (nSPS) is 22.4. The molecule has 1 saturated carbocycles. The van der Waals surface area contributed by atoms with Crippen molar-refractivity contribution in [1.82, 2.24) is 0 Å². The molecule has 0 aliphatic heterocycles. The van der Waals surface area contributed by atoms with E-state index >= 15 is 0 Å². The first-order valence-corrected chi connectivity index (χ1v) is 13.1. The molecule has 0 unspecified atom stereocenters. The summed E-state index contributed by atoms with van der Waals surface area (Å²) in [7, 11) is -8.26. The molecular formula is C20H21IO4S2. The Morgan fingerprint density at radius 2 is 1.33 bits per heavy atom. The van der Waals surface area contributed by atoms with E-state index in [0.29, 0.717) is 4.43 Å². The third kappa shape index (κ3) is 3.27. The number of sulfone groups is 2. The van der Waals surface area contributed by atoms with Crippen LogP contribution in [0.1, 0.15) is 12.8 Å². The van der Waals surface area contributed by atoms with Gasteiger partial charge in [-0.05, 0) is 48.9 Å². The molecule has 144 valence electrons. The van der Waals surface area contributed by atoms with Gasteiger partial charge in [0.25, 0.3) is 0 Å². The zero-order valence-electron chi connectivity index (χ0n) is 14.7. The first-order valence-electron chi connectivity index (χ1n) is 8.58. The Kier molecular flexibility index (Phi) is 5.84. The largest absolute Gasteiger partial charge is 0.222 e. The second kappa shape index (κ2) is 7.67. The highest BCUT2D eigenvalue weighted by molar-refractivity contribution is 14.1. The van der Waals surface area contributed by atoms with Crippen LogP contribution in [0.2, 0.25) is 0 Å². The predicted molar refractivity (Wildman–Crippen MR) is 115 cm³/mol. The van der Waals surface area contributed by atoms with Gasteiger partial charge in [0.05, 0.1) is 9.79 Å². The molecule has 0 radical (unpaired) electrons. The van der Waals surface area contributed by atoms with Crippen LogP contribution in [0.25, 0.3) is 0 Å². The van der Waals surface area contributed by atoms with Crippen molar-refractivity contribution in [3.05, 3.63) is 73.3 Å². The summed E-state index contributed by atoms with van der Waals surface area (Å²) in [6, 6.07) is 15.8. The van der Waals surface area contributed by atoms with E-state index in [1.54, 1.807) is 42.5 Å². The second-order valence-corrected chi connectivity index (χ2v) is 12.4. The third-order valence-electron chi connectivity index (χ3n) is 5.31. The molecule has 0 heterocycles. The molecule has 0 spiro atoms. The van der Waals surface area contributed by atoms with Crippen LogP contribution < -0.4 is 0 Å². The summed E-state index contributed by atoms with van der Waals surface area (Å²) in [6.45, 7) is 3.82. The van der Waals surface area contributed by atoms with Crippen molar-refractivity contribution in [3.63, 3.8) is 0 Å². The van der Waals surface area contributed by atoms with Gasteiger partial charge < -0.3 is 0 Å². The zero-order valence-corrected chi connectivity index (χ0v) is 18.5.